The summed E-state index contributed by atoms with van der Waals surface area (Å²) < 4.78 is 5.75. The van der Waals surface area contributed by atoms with Crippen molar-refractivity contribution in [3.8, 4) is 0 Å². The van der Waals surface area contributed by atoms with Gasteiger partial charge in [0.2, 0.25) is 6.41 Å². The molecule has 0 saturated carbocycles. The highest BCUT2D eigenvalue weighted by molar-refractivity contribution is 5.66. The Morgan fingerprint density at radius 3 is 2.61 bits per heavy atom. The highest BCUT2D eigenvalue weighted by Crippen LogP contribution is 2.28. The van der Waals surface area contributed by atoms with Gasteiger partial charge in [-0.15, -0.1) is 0 Å². The van der Waals surface area contributed by atoms with Gasteiger partial charge in [-0.25, -0.2) is 4.90 Å². The molecule has 0 radical (unpaired) electrons. The SMILES string of the molecule is CC(C)[C@H]1CN(c2ccncc2N)CCN1C(O)OC(C)(C)C. The number of nitrogen functional groups attached to an aromatic ring is 1. The van der Waals surface area contributed by atoms with E-state index in [1.165, 1.54) is 0 Å². The molecular formula is C17H30N4O2. The van der Waals surface area contributed by atoms with Gasteiger partial charge in [-0.05, 0) is 32.8 Å². The molecule has 23 heavy (non-hydrogen) atoms. The minimum atomic E-state index is -0.890. The molecule has 1 saturated heterocycles. The highest BCUT2D eigenvalue weighted by atomic mass is 16.6. The van der Waals surface area contributed by atoms with Gasteiger partial charge in [0.05, 0.1) is 23.2 Å². The van der Waals surface area contributed by atoms with Crippen LogP contribution in [0.3, 0.4) is 0 Å². The first-order chi connectivity index (χ1) is 10.7. The predicted molar refractivity (Wildman–Crippen MR) is 93.0 cm³/mol. The van der Waals surface area contributed by atoms with Crippen LogP contribution in [0.1, 0.15) is 34.6 Å². The third-order valence-electron chi connectivity index (χ3n) is 4.14. The van der Waals surface area contributed by atoms with Crippen LogP contribution in [0.4, 0.5) is 11.4 Å². The van der Waals surface area contributed by atoms with Crippen LogP contribution in [0, 0.1) is 5.92 Å². The smallest absolute Gasteiger partial charge is 0.216 e. The molecule has 0 bridgehead atoms. The maximum Gasteiger partial charge on any atom is 0.216 e. The van der Waals surface area contributed by atoms with Crippen LogP contribution in [-0.4, -0.2) is 52.7 Å². The average Bonchev–Trinajstić information content (AvgIpc) is 2.45. The van der Waals surface area contributed by atoms with Crippen LogP contribution in [0.15, 0.2) is 18.5 Å². The van der Waals surface area contributed by atoms with Gasteiger partial charge in [0.25, 0.3) is 0 Å². The van der Waals surface area contributed by atoms with Crippen LogP contribution in [0.25, 0.3) is 0 Å². The van der Waals surface area contributed by atoms with Crippen molar-refractivity contribution in [3.63, 3.8) is 0 Å². The summed E-state index contributed by atoms with van der Waals surface area (Å²) in [6.07, 6.45) is 2.56. The molecule has 1 unspecified atom stereocenters. The number of anilines is 2. The van der Waals surface area contributed by atoms with E-state index < -0.39 is 6.41 Å². The fourth-order valence-electron chi connectivity index (χ4n) is 2.98. The molecule has 6 heteroatoms. The molecule has 1 fully saturated rings. The molecule has 2 rings (SSSR count). The zero-order valence-corrected chi connectivity index (χ0v) is 14.9. The summed E-state index contributed by atoms with van der Waals surface area (Å²) >= 11 is 0. The monoisotopic (exact) mass is 322 g/mol. The van der Waals surface area contributed by atoms with Gasteiger partial charge >= 0.3 is 0 Å². The lowest BCUT2D eigenvalue weighted by Gasteiger charge is -2.46. The Morgan fingerprint density at radius 1 is 1.35 bits per heavy atom. The Hall–Kier alpha value is -1.37. The van der Waals surface area contributed by atoms with Gasteiger partial charge < -0.3 is 20.5 Å². The van der Waals surface area contributed by atoms with Crippen molar-refractivity contribution in [2.75, 3.05) is 30.3 Å². The van der Waals surface area contributed by atoms with Crippen LogP contribution >= 0.6 is 0 Å². The van der Waals surface area contributed by atoms with Gasteiger partial charge in [0.1, 0.15) is 0 Å². The summed E-state index contributed by atoms with van der Waals surface area (Å²) in [7, 11) is 0. The summed E-state index contributed by atoms with van der Waals surface area (Å²) in [6, 6.07) is 2.14. The molecule has 2 heterocycles. The fourth-order valence-corrected chi connectivity index (χ4v) is 2.98. The number of aliphatic hydroxyl groups excluding tert-OH is 1. The quantitative estimate of drug-likeness (QED) is 0.825. The molecule has 1 aromatic heterocycles. The maximum absolute atomic E-state index is 10.5. The van der Waals surface area contributed by atoms with Crippen LogP contribution in [0.5, 0.6) is 0 Å². The zero-order valence-electron chi connectivity index (χ0n) is 14.9. The average molecular weight is 322 g/mol. The Kier molecular flexibility index (Phi) is 5.49. The van der Waals surface area contributed by atoms with Crippen molar-refractivity contribution in [1.82, 2.24) is 9.88 Å². The minimum absolute atomic E-state index is 0.189. The second-order valence-electron chi connectivity index (χ2n) is 7.49. The zero-order chi connectivity index (χ0) is 17.2. The van der Waals surface area contributed by atoms with E-state index in [1.807, 2.05) is 31.7 Å². The summed E-state index contributed by atoms with van der Waals surface area (Å²) in [5, 5.41) is 10.5. The number of ether oxygens (including phenoxy) is 1. The van der Waals surface area contributed by atoms with Crippen LogP contribution in [0.2, 0.25) is 0 Å². The van der Waals surface area contributed by atoms with E-state index in [0.29, 0.717) is 11.6 Å². The van der Waals surface area contributed by atoms with Gasteiger partial charge in [0.15, 0.2) is 0 Å². The second-order valence-corrected chi connectivity index (χ2v) is 7.49. The minimum Gasteiger partial charge on any atom is -0.396 e. The number of rotatable bonds is 4. The summed E-state index contributed by atoms with van der Waals surface area (Å²) in [4.78, 5) is 8.37. The molecular weight excluding hydrogens is 292 g/mol. The topological polar surface area (TPSA) is 74.9 Å². The van der Waals surface area contributed by atoms with Gasteiger partial charge in [0, 0.05) is 31.9 Å². The first kappa shape index (κ1) is 18.0. The molecule has 0 aromatic carbocycles. The van der Waals surface area contributed by atoms with E-state index in [-0.39, 0.29) is 11.6 Å². The summed E-state index contributed by atoms with van der Waals surface area (Å²) in [5.74, 6) is 0.388. The molecule has 130 valence electrons. The standard InChI is InChI=1S/C17H30N4O2/c1-12(2)15-11-20(14-6-7-19-10-13(14)18)8-9-21(15)16(22)23-17(3,4)5/h6-7,10,12,15-16,22H,8-9,11,18H2,1-5H3/t15-,16?/m1/s1. The molecule has 1 aromatic rings. The second kappa shape index (κ2) is 7.03. The molecule has 1 aliphatic rings. The number of aliphatic hydroxyl groups is 1. The summed E-state index contributed by atoms with van der Waals surface area (Å²) in [6.45, 7) is 12.5. The van der Waals surface area contributed by atoms with E-state index >= 15 is 0 Å². The van der Waals surface area contributed by atoms with Crippen molar-refractivity contribution in [2.45, 2.75) is 52.7 Å². The van der Waals surface area contributed by atoms with Crippen molar-refractivity contribution >= 4 is 11.4 Å². The molecule has 0 spiro atoms. The molecule has 0 amide bonds. The van der Waals surface area contributed by atoms with E-state index in [0.717, 1.165) is 25.3 Å². The molecule has 6 nitrogen and oxygen atoms in total. The summed E-state index contributed by atoms with van der Waals surface area (Å²) in [5.41, 5.74) is 7.38. The van der Waals surface area contributed by atoms with Gasteiger partial charge in [-0.3, -0.25) is 4.98 Å². The molecule has 2 atom stereocenters. The highest BCUT2D eigenvalue weighted by Gasteiger charge is 2.35. The van der Waals surface area contributed by atoms with Crippen molar-refractivity contribution in [3.05, 3.63) is 18.5 Å². The molecule has 0 aliphatic carbocycles. The Labute approximate surface area is 139 Å². The Bertz CT molecular complexity index is 516. The molecule has 1 aliphatic heterocycles. The van der Waals surface area contributed by atoms with Gasteiger partial charge in [-0.1, -0.05) is 13.8 Å². The first-order valence-corrected chi connectivity index (χ1v) is 8.25. The number of hydrogen-bond acceptors (Lipinski definition) is 6. The van der Waals surface area contributed by atoms with E-state index in [4.69, 9.17) is 10.5 Å². The first-order valence-electron chi connectivity index (χ1n) is 8.25. The van der Waals surface area contributed by atoms with E-state index in [1.54, 1.807) is 12.4 Å². The van der Waals surface area contributed by atoms with Crippen molar-refractivity contribution < 1.29 is 9.84 Å². The van der Waals surface area contributed by atoms with Crippen LogP contribution < -0.4 is 10.6 Å². The van der Waals surface area contributed by atoms with E-state index in [2.05, 4.69) is 23.7 Å². The number of nitrogens with zero attached hydrogens (tertiary/aromatic N) is 3. The molecule has 3 N–H and O–H groups in total. The van der Waals surface area contributed by atoms with Crippen LogP contribution in [-0.2, 0) is 4.74 Å². The Balaban J connectivity index is 2.13. The predicted octanol–water partition coefficient (Wildman–Crippen LogP) is 1.90. The third kappa shape index (κ3) is 4.56. The normalized spacial score (nSPS) is 21.7. The lowest BCUT2D eigenvalue weighted by molar-refractivity contribution is -0.252. The largest absolute Gasteiger partial charge is 0.396 e. The maximum atomic E-state index is 10.5. The number of piperazine rings is 1. The lowest BCUT2D eigenvalue weighted by atomic mass is 9.99. The number of aromatic nitrogens is 1. The third-order valence-corrected chi connectivity index (χ3v) is 4.14. The van der Waals surface area contributed by atoms with Gasteiger partial charge in [-0.2, -0.15) is 0 Å². The number of pyridine rings is 1. The lowest BCUT2D eigenvalue weighted by Crippen LogP contribution is -2.60. The van der Waals surface area contributed by atoms with E-state index in [9.17, 15) is 5.11 Å². The number of nitrogens with two attached hydrogens (primary N) is 1. The van der Waals surface area contributed by atoms with Crippen molar-refractivity contribution in [2.24, 2.45) is 5.92 Å². The fraction of sp³-hybridized carbons (Fsp3) is 0.706. The number of hydrogen-bond donors (Lipinski definition) is 2. The van der Waals surface area contributed by atoms with Crippen molar-refractivity contribution in [1.29, 1.82) is 0 Å². The Morgan fingerprint density at radius 2 is 2.04 bits per heavy atom.